The molecule has 2 rings (SSSR count). The normalized spacial score (nSPS) is 12.1. The van der Waals surface area contributed by atoms with Crippen molar-refractivity contribution in [2.24, 2.45) is 0 Å². The van der Waals surface area contributed by atoms with Crippen molar-refractivity contribution in [2.45, 2.75) is 59.8 Å². The van der Waals surface area contributed by atoms with Crippen LogP contribution < -0.4 is 5.63 Å². The van der Waals surface area contributed by atoms with Gasteiger partial charge in [0.1, 0.15) is 5.58 Å². The van der Waals surface area contributed by atoms with Gasteiger partial charge in [0.05, 0.1) is 0 Å². The van der Waals surface area contributed by atoms with Gasteiger partial charge in [0.25, 0.3) is 0 Å². The summed E-state index contributed by atoms with van der Waals surface area (Å²) in [6.07, 6.45) is 14.2. The second-order valence-electron chi connectivity index (χ2n) is 7.16. The zero-order valence-corrected chi connectivity index (χ0v) is 16.5. The van der Waals surface area contributed by atoms with Crippen molar-refractivity contribution < 1.29 is 4.42 Å². The van der Waals surface area contributed by atoms with Crippen molar-refractivity contribution in [3.63, 3.8) is 0 Å². The molecule has 0 saturated carbocycles. The highest BCUT2D eigenvalue weighted by Gasteiger charge is 2.06. The van der Waals surface area contributed by atoms with E-state index >= 15 is 0 Å². The number of aryl methyl sites for hydroxylation is 1. The fourth-order valence-corrected chi connectivity index (χ4v) is 2.98. The minimum absolute atomic E-state index is 0.290. The molecule has 0 bridgehead atoms. The molecule has 0 aliphatic rings. The first-order valence-corrected chi connectivity index (χ1v) is 9.43. The largest absolute Gasteiger partial charge is 0.422 e. The summed E-state index contributed by atoms with van der Waals surface area (Å²) in [7, 11) is 0. The van der Waals surface area contributed by atoms with Crippen molar-refractivity contribution in [1.29, 1.82) is 0 Å². The van der Waals surface area contributed by atoms with Crippen LogP contribution in [0, 0.1) is 6.92 Å². The zero-order valence-electron chi connectivity index (χ0n) is 16.5. The van der Waals surface area contributed by atoms with Gasteiger partial charge in [-0.2, -0.15) is 0 Å². The summed E-state index contributed by atoms with van der Waals surface area (Å²) in [5, 5.41) is 0.980. The summed E-state index contributed by atoms with van der Waals surface area (Å²) in [6.45, 7) is 8.57. The highest BCUT2D eigenvalue weighted by atomic mass is 16.4. The van der Waals surface area contributed by atoms with E-state index in [0.717, 1.165) is 54.2 Å². The molecule has 2 heteroatoms. The Bertz CT molecular complexity index is 875. The van der Waals surface area contributed by atoms with Gasteiger partial charge in [0.15, 0.2) is 0 Å². The lowest BCUT2D eigenvalue weighted by molar-refractivity contribution is 0.557. The Morgan fingerprint density at radius 2 is 1.73 bits per heavy atom. The molecule has 2 nitrogen and oxygen atoms in total. The number of hydrogen-bond acceptors (Lipinski definition) is 2. The van der Waals surface area contributed by atoms with Crippen LogP contribution in [0.4, 0.5) is 0 Å². The van der Waals surface area contributed by atoms with Crippen LogP contribution in [0.25, 0.3) is 11.0 Å². The highest BCUT2D eigenvalue weighted by molar-refractivity contribution is 5.81. The van der Waals surface area contributed by atoms with Crippen LogP contribution in [0.15, 0.2) is 68.9 Å². The Labute approximate surface area is 156 Å². The molecule has 0 amide bonds. The van der Waals surface area contributed by atoms with Crippen molar-refractivity contribution in [3.8, 4) is 0 Å². The Morgan fingerprint density at radius 3 is 2.50 bits per heavy atom. The molecule has 0 aliphatic carbocycles. The number of hydrogen-bond donors (Lipinski definition) is 0. The minimum atomic E-state index is -0.290. The van der Waals surface area contributed by atoms with E-state index in [1.54, 1.807) is 0 Å². The molecule has 0 radical (unpaired) electrons. The van der Waals surface area contributed by atoms with E-state index in [1.807, 2.05) is 12.1 Å². The molecule has 1 aromatic heterocycles. The number of benzene rings is 1. The number of allylic oxidation sites excluding steroid dienone is 6. The maximum atomic E-state index is 11.5. The van der Waals surface area contributed by atoms with Gasteiger partial charge in [-0.05, 0) is 71.4 Å². The van der Waals surface area contributed by atoms with Crippen LogP contribution in [-0.4, -0.2) is 0 Å². The van der Waals surface area contributed by atoms with E-state index in [-0.39, 0.29) is 5.63 Å². The van der Waals surface area contributed by atoms with Crippen molar-refractivity contribution in [2.75, 3.05) is 0 Å². The molecule has 0 fully saturated rings. The molecule has 26 heavy (non-hydrogen) atoms. The van der Waals surface area contributed by atoms with Crippen LogP contribution in [-0.2, 0) is 6.42 Å². The lowest BCUT2D eigenvalue weighted by Crippen LogP contribution is -1.98. The average Bonchev–Trinajstić information content (AvgIpc) is 2.59. The summed E-state index contributed by atoms with van der Waals surface area (Å²) >= 11 is 0. The third-order valence-corrected chi connectivity index (χ3v) is 4.53. The highest BCUT2D eigenvalue weighted by Crippen LogP contribution is 2.21. The minimum Gasteiger partial charge on any atom is -0.422 e. The fraction of sp³-hybridized carbons (Fsp3) is 0.375. The van der Waals surface area contributed by atoms with Gasteiger partial charge in [0.2, 0.25) is 0 Å². The Balaban J connectivity index is 1.90. The standard InChI is InChI=1S/C24H30O2/c1-18(2)10-9-12-19(3)11-7-5-6-8-13-22-20(4)14-15-21-16-17-23(25)26-24(21)22/h6,8,10-11,14-17H,5,7,9,12-13H2,1-4H3/b8-6+,19-11-. The van der Waals surface area contributed by atoms with Gasteiger partial charge in [-0.3, -0.25) is 0 Å². The molecule has 0 spiro atoms. The second-order valence-corrected chi connectivity index (χ2v) is 7.16. The first-order valence-electron chi connectivity index (χ1n) is 9.43. The van der Waals surface area contributed by atoms with Crippen LogP contribution >= 0.6 is 0 Å². The quantitative estimate of drug-likeness (QED) is 0.302. The smallest absolute Gasteiger partial charge is 0.336 e. The van der Waals surface area contributed by atoms with Gasteiger partial charge in [-0.25, -0.2) is 4.79 Å². The Hall–Kier alpha value is -2.35. The van der Waals surface area contributed by atoms with E-state index in [2.05, 4.69) is 58.1 Å². The van der Waals surface area contributed by atoms with Gasteiger partial charge in [0, 0.05) is 17.0 Å². The van der Waals surface area contributed by atoms with Crippen molar-refractivity contribution in [1.82, 2.24) is 0 Å². The summed E-state index contributed by atoms with van der Waals surface area (Å²) in [5.74, 6) is 0. The van der Waals surface area contributed by atoms with Crippen LogP contribution in [0.5, 0.6) is 0 Å². The first-order chi connectivity index (χ1) is 12.5. The van der Waals surface area contributed by atoms with E-state index < -0.39 is 0 Å². The predicted octanol–water partition coefficient (Wildman–Crippen LogP) is 6.67. The molecular weight excluding hydrogens is 320 g/mol. The van der Waals surface area contributed by atoms with E-state index in [0.29, 0.717) is 0 Å². The third kappa shape index (κ3) is 6.18. The second kappa shape index (κ2) is 9.96. The van der Waals surface area contributed by atoms with Crippen LogP contribution in [0.3, 0.4) is 0 Å². The lowest BCUT2D eigenvalue weighted by atomic mass is 10.0. The summed E-state index contributed by atoms with van der Waals surface area (Å²) < 4.78 is 5.43. The molecule has 0 saturated heterocycles. The first kappa shape index (κ1) is 20.0. The maximum Gasteiger partial charge on any atom is 0.336 e. The Morgan fingerprint density at radius 1 is 0.962 bits per heavy atom. The number of rotatable bonds is 8. The molecule has 0 unspecified atom stereocenters. The molecule has 0 N–H and O–H groups in total. The average molecular weight is 351 g/mol. The summed E-state index contributed by atoms with van der Waals surface area (Å²) in [4.78, 5) is 11.5. The van der Waals surface area contributed by atoms with E-state index in [4.69, 9.17) is 4.42 Å². The maximum absolute atomic E-state index is 11.5. The van der Waals surface area contributed by atoms with E-state index in [9.17, 15) is 4.79 Å². The number of fused-ring (bicyclic) bond motifs is 1. The zero-order chi connectivity index (χ0) is 18.9. The van der Waals surface area contributed by atoms with Gasteiger partial charge < -0.3 is 4.42 Å². The summed E-state index contributed by atoms with van der Waals surface area (Å²) in [6, 6.07) is 7.40. The fourth-order valence-electron chi connectivity index (χ4n) is 2.98. The molecule has 0 atom stereocenters. The van der Waals surface area contributed by atoms with E-state index in [1.165, 1.54) is 17.2 Å². The molecule has 138 valence electrons. The number of unbranched alkanes of at least 4 members (excludes halogenated alkanes) is 1. The van der Waals surface area contributed by atoms with Crippen LogP contribution in [0.1, 0.15) is 57.6 Å². The van der Waals surface area contributed by atoms with Crippen molar-refractivity contribution in [3.05, 3.63) is 81.3 Å². The lowest BCUT2D eigenvalue weighted by Gasteiger charge is -2.06. The van der Waals surface area contributed by atoms with Crippen molar-refractivity contribution >= 4 is 11.0 Å². The Kier molecular flexibility index (Phi) is 7.65. The molecular formula is C24H30O2. The topological polar surface area (TPSA) is 30.2 Å². The predicted molar refractivity (Wildman–Crippen MR) is 112 cm³/mol. The van der Waals surface area contributed by atoms with Gasteiger partial charge >= 0.3 is 5.63 Å². The van der Waals surface area contributed by atoms with Gasteiger partial charge in [-0.15, -0.1) is 0 Å². The van der Waals surface area contributed by atoms with Gasteiger partial charge in [-0.1, -0.05) is 47.6 Å². The molecule has 0 aliphatic heterocycles. The van der Waals surface area contributed by atoms with Crippen LogP contribution in [0.2, 0.25) is 0 Å². The molecule has 1 aromatic carbocycles. The summed E-state index contributed by atoms with van der Waals surface area (Å²) in [5.41, 5.74) is 5.54. The SMILES string of the molecule is CC(C)=CCC/C(C)=C\CC/C=C/Cc1c(C)ccc2ccc(=O)oc12. The molecule has 2 aromatic rings. The monoisotopic (exact) mass is 350 g/mol. The third-order valence-electron chi connectivity index (χ3n) is 4.53. The molecule has 1 heterocycles.